The Labute approximate surface area is 172 Å². The third-order valence-corrected chi connectivity index (χ3v) is 4.67. The Hall–Kier alpha value is -3.75. The largest absolute Gasteiger partial charge is 0.419 e. The molecule has 0 saturated carbocycles. The first-order chi connectivity index (χ1) is 14.8. The van der Waals surface area contributed by atoms with Crippen LogP contribution in [0, 0.1) is 11.6 Å². The third kappa shape index (κ3) is 3.98. The summed E-state index contributed by atoms with van der Waals surface area (Å²) in [4.78, 5) is 17.4. The number of rotatable bonds is 4. The van der Waals surface area contributed by atoms with E-state index in [0.717, 1.165) is 16.8 Å². The minimum absolute atomic E-state index is 0.0193. The molecule has 0 spiro atoms. The quantitative estimate of drug-likeness (QED) is 0.457. The van der Waals surface area contributed by atoms with Crippen molar-refractivity contribution >= 4 is 10.9 Å². The molecular weight excluding hydrogens is 417 g/mol. The maximum absolute atomic E-state index is 14.4. The normalized spacial score (nSPS) is 11.6. The van der Waals surface area contributed by atoms with Crippen molar-refractivity contribution in [2.75, 3.05) is 5.43 Å². The van der Waals surface area contributed by atoms with Crippen LogP contribution in [0.1, 0.15) is 11.1 Å². The maximum Gasteiger partial charge on any atom is 0.419 e. The van der Waals surface area contributed by atoms with Crippen LogP contribution in [-0.4, -0.2) is 9.66 Å². The molecule has 1 heterocycles. The lowest BCUT2D eigenvalue weighted by Crippen LogP contribution is -2.31. The van der Waals surface area contributed by atoms with Gasteiger partial charge < -0.3 is 5.43 Å². The molecule has 4 nitrogen and oxygen atoms in total. The molecule has 0 aliphatic heterocycles. The number of aromatic nitrogens is 2. The summed E-state index contributed by atoms with van der Waals surface area (Å²) in [7, 11) is 0. The van der Waals surface area contributed by atoms with E-state index in [1.165, 1.54) is 18.2 Å². The lowest BCUT2D eigenvalue weighted by molar-refractivity contribution is -0.140. The van der Waals surface area contributed by atoms with Gasteiger partial charge in [0.15, 0.2) is 5.82 Å². The Balaban J connectivity index is 1.78. The molecule has 0 fully saturated rings. The highest BCUT2D eigenvalue weighted by molar-refractivity contribution is 5.79. The monoisotopic (exact) mass is 431 g/mol. The fourth-order valence-corrected chi connectivity index (χ4v) is 3.17. The summed E-state index contributed by atoms with van der Waals surface area (Å²) in [6, 6.07) is 14.7. The third-order valence-electron chi connectivity index (χ3n) is 4.67. The molecule has 0 atom stereocenters. The molecule has 4 aromatic rings. The molecule has 0 aliphatic rings. The molecule has 0 aliphatic carbocycles. The Morgan fingerprint density at radius 3 is 2.32 bits per heavy atom. The van der Waals surface area contributed by atoms with Crippen LogP contribution >= 0.6 is 0 Å². The minimum Gasteiger partial charge on any atom is -0.317 e. The average Bonchev–Trinajstić information content (AvgIpc) is 2.72. The highest BCUT2D eigenvalue weighted by Crippen LogP contribution is 2.31. The van der Waals surface area contributed by atoms with E-state index in [1.807, 2.05) is 0 Å². The molecule has 0 saturated heterocycles. The molecule has 0 radical (unpaired) electrons. The number of halogens is 5. The number of nitrogens with one attached hydrogen (secondary N) is 1. The lowest BCUT2D eigenvalue weighted by Gasteiger charge is -2.16. The summed E-state index contributed by atoms with van der Waals surface area (Å²) < 4.78 is 67.6. The van der Waals surface area contributed by atoms with Crippen LogP contribution in [0.3, 0.4) is 0 Å². The van der Waals surface area contributed by atoms with E-state index in [2.05, 4.69) is 10.4 Å². The van der Waals surface area contributed by atoms with Crippen molar-refractivity contribution in [3.8, 4) is 11.4 Å². The summed E-state index contributed by atoms with van der Waals surface area (Å²) in [5, 5.41) is 0.258. The van der Waals surface area contributed by atoms with Crippen molar-refractivity contribution in [3.05, 3.63) is 99.8 Å². The predicted molar refractivity (Wildman–Crippen MR) is 106 cm³/mol. The molecule has 1 aromatic heterocycles. The fraction of sp³-hybridized carbons (Fsp3) is 0.0909. The van der Waals surface area contributed by atoms with Gasteiger partial charge in [0.2, 0.25) is 0 Å². The number of hydrogen-bond donors (Lipinski definition) is 1. The maximum atomic E-state index is 14.4. The van der Waals surface area contributed by atoms with Crippen LogP contribution in [0.25, 0.3) is 22.3 Å². The molecule has 0 bridgehead atoms. The van der Waals surface area contributed by atoms with Gasteiger partial charge in [-0.25, -0.2) is 18.4 Å². The summed E-state index contributed by atoms with van der Waals surface area (Å²) in [5.41, 5.74) is 1.38. The second-order valence-corrected chi connectivity index (χ2v) is 6.72. The first-order valence-corrected chi connectivity index (χ1v) is 9.12. The Morgan fingerprint density at radius 1 is 0.903 bits per heavy atom. The van der Waals surface area contributed by atoms with E-state index in [9.17, 15) is 26.7 Å². The molecule has 0 unspecified atom stereocenters. The topological polar surface area (TPSA) is 46.9 Å². The van der Waals surface area contributed by atoms with Gasteiger partial charge in [-0.05, 0) is 42.0 Å². The average molecular weight is 431 g/mol. The highest BCUT2D eigenvalue weighted by atomic mass is 19.4. The summed E-state index contributed by atoms with van der Waals surface area (Å²) in [6.45, 7) is -0.198. The van der Waals surface area contributed by atoms with Gasteiger partial charge in [-0.2, -0.15) is 13.2 Å². The molecule has 0 amide bonds. The van der Waals surface area contributed by atoms with Crippen molar-refractivity contribution in [3.63, 3.8) is 0 Å². The zero-order valence-electron chi connectivity index (χ0n) is 15.8. The van der Waals surface area contributed by atoms with E-state index in [4.69, 9.17) is 0 Å². The lowest BCUT2D eigenvalue weighted by atomic mass is 10.1. The predicted octanol–water partition coefficient (Wildman–Crippen LogP) is 5.10. The van der Waals surface area contributed by atoms with Crippen LogP contribution in [0.4, 0.5) is 22.0 Å². The zero-order valence-corrected chi connectivity index (χ0v) is 15.8. The first-order valence-electron chi connectivity index (χ1n) is 9.12. The number of alkyl halides is 3. The van der Waals surface area contributed by atoms with Crippen LogP contribution in [0.5, 0.6) is 0 Å². The van der Waals surface area contributed by atoms with Crippen LogP contribution in [0.2, 0.25) is 0 Å². The Bertz CT molecular complexity index is 1330. The smallest absolute Gasteiger partial charge is 0.317 e. The van der Waals surface area contributed by atoms with Crippen LogP contribution in [0.15, 0.2) is 71.5 Å². The first kappa shape index (κ1) is 20.5. The van der Waals surface area contributed by atoms with Crippen LogP contribution in [-0.2, 0) is 12.7 Å². The van der Waals surface area contributed by atoms with Crippen LogP contribution < -0.4 is 11.0 Å². The molecule has 158 valence electrons. The fourth-order valence-electron chi connectivity index (χ4n) is 3.17. The van der Waals surface area contributed by atoms with E-state index in [1.54, 1.807) is 30.3 Å². The highest BCUT2D eigenvalue weighted by Gasteiger charge is 2.33. The van der Waals surface area contributed by atoms with Gasteiger partial charge in [0, 0.05) is 0 Å². The van der Waals surface area contributed by atoms with Crippen molar-refractivity contribution in [2.45, 2.75) is 12.7 Å². The molecule has 4 rings (SSSR count). The molecule has 3 aromatic carbocycles. The van der Waals surface area contributed by atoms with Crippen molar-refractivity contribution < 1.29 is 22.0 Å². The van der Waals surface area contributed by atoms with Crippen molar-refractivity contribution in [2.24, 2.45) is 0 Å². The van der Waals surface area contributed by atoms with E-state index < -0.39 is 28.9 Å². The Kier molecular flexibility index (Phi) is 5.18. The van der Waals surface area contributed by atoms with E-state index in [0.29, 0.717) is 11.6 Å². The van der Waals surface area contributed by atoms with Crippen molar-refractivity contribution in [1.82, 2.24) is 9.66 Å². The van der Waals surface area contributed by atoms with Gasteiger partial charge >= 0.3 is 6.18 Å². The second kappa shape index (κ2) is 7.82. The van der Waals surface area contributed by atoms with E-state index >= 15 is 0 Å². The number of benzene rings is 3. The molecule has 31 heavy (non-hydrogen) atoms. The van der Waals surface area contributed by atoms with E-state index in [-0.39, 0.29) is 28.9 Å². The SMILES string of the molecule is O=c1c2ccccc2nc(-c2ccccc2F)n1NCc1ccc(C(F)(F)F)c(F)c1. The summed E-state index contributed by atoms with van der Waals surface area (Å²) in [5.74, 6) is -2.06. The number of hydrogen-bond acceptors (Lipinski definition) is 3. The van der Waals surface area contributed by atoms with Gasteiger partial charge in [-0.15, -0.1) is 0 Å². The number of nitrogens with zero attached hydrogens (tertiary/aromatic N) is 2. The van der Waals surface area contributed by atoms with Gasteiger partial charge in [-0.3, -0.25) is 4.79 Å². The van der Waals surface area contributed by atoms with Gasteiger partial charge in [-0.1, -0.05) is 30.3 Å². The van der Waals surface area contributed by atoms with Gasteiger partial charge in [0.05, 0.1) is 28.6 Å². The number of para-hydroxylation sites is 1. The van der Waals surface area contributed by atoms with Gasteiger partial charge in [0.25, 0.3) is 5.56 Å². The minimum atomic E-state index is -4.81. The zero-order chi connectivity index (χ0) is 22.2. The van der Waals surface area contributed by atoms with Gasteiger partial charge in [0.1, 0.15) is 11.6 Å². The summed E-state index contributed by atoms with van der Waals surface area (Å²) in [6.07, 6.45) is -4.81. The Morgan fingerprint density at radius 2 is 1.61 bits per heavy atom. The molecule has 9 heteroatoms. The molecule has 1 N–H and O–H groups in total. The standard InChI is InChI=1S/C22H14F5N3O/c23-17-7-3-1-5-14(17)20-29-19-8-4-2-6-15(19)21(31)30(20)28-12-13-9-10-16(18(24)11-13)22(25,26)27/h1-11,28H,12H2. The summed E-state index contributed by atoms with van der Waals surface area (Å²) >= 11 is 0. The number of fused-ring (bicyclic) bond motifs is 1. The second-order valence-electron chi connectivity index (χ2n) is 6.72. The van der Waals surface area contributed by atoms with Crippen molar-refractivity contribution in [1.29, 1.82) is 0 Å². The molecular formula is C22H14F5N3O.